The van der Waals surface area contributed by atoms with E-state index < -0.39 is 5.91 Å². The maximum absolute atomic E-state index is 12.0. The molecule has 1 aromatic carbocycles. The van der Waals surface area contributed by atoms with Crippen LogP contribution >= 0.6 is 0 Å². The Morgan fingerprint density at radius 2 is 2.04 bits per heavy atom. The number of aromatic nitrogens is 2. The highest BCUT2D eigenvalue weighted by Gasteiger charge is 2.24. The van der Waals surface area contributed by atoms with E-state index in [-0.39, 0.29) is 25.2 Å². The number of fused-ring (bicyclic) bond motifs is 1. The molecule has 3 N–H and O–H groups in total. The summed E-state index contributed by atoms with van der Waals surface area (Å²) < 4.78 is 4.95. The number of nitrogens with one attached hydrogen (secondary N) is 1. The molecule has 0 fully saturated rings. The minimum atomic E-state index is -0.599. The van der Waals surface area contributed by atoms with Crippen molar-refractivity contribution >= 4 is 11.8 Å². The highest BCUT2D eigenvalue weighted by Crippen LogP contribution is 2.29. The number of amides is 2. The van der Waals surface area contributed by atoms with E-state index in [1.165, 1.54) is 0 Å². The second-order valence-corrected chi connectivity index (χ2v) is 5.93. The molecule has 1 aliphatic rings. The van der Waals surface area contributed by atoms with Crippen LogP contribution in [0.4, 0.5) is 0 Å². The van der Waals surface area contributed by atoms with Gasteiger partial charge < -0.3 is 15.8 Å². The summed E-state index contributed by atoms with van der Waals surface area (Å²) in [5.41, 5.74) is 7.85. The molecule has 0 saturated heterocycles. The van der Waals surface area contributed by atoms with E-state index in [9.17, 15) is 9.59 Å². The monoisotopic (exact) mass is 340 g/mol. The van der Waals surface area contributed by atoms with Gasteiger partial charge in [-0.15, -0.1) is 0 Å². The number of carbonyl (C=O) groups is 2. The summed E-state index contributed by atoms with van der Waals surface area (Å²) in [6, 6.07) is 9.66. The molecule has 3 rings (SSSR count). The van der Waals surface area contributed by atoms with E-state index in [4.69, 9.17) is 10.5 Å². The Balaban J connectivity index is 1.70. The topological polar surface area (TPSA) is 107 Å². The number of ether oxygens (including phenoxy) is 1. The smallest absolute Gasteiger partial charge is 0.246 e. The van der Waals surface area contributed by atoms with Crippen molar-refractivity contribution in [3.8, 4) is 11.4 Å². The molecule has 0 spiro atoms. The second kappa shape index (κ2) is 7.85. The third-order valence-corrected chi connectivity index (χ3v) is 4.03. The average Bonchev–Trinajstić information content (AvgIpc) is 2.62. The maximum Gasteiger partial charge on any atom is 0.246 e. The minimum Gasteiger partial charge on any atom is -0.368 e. The molecule has 2 amide bonds. The summed E-state index contributed by atoms with van der Waals surface area (Å²) in [6.45, 7) is -0.462. The quantitative estimate of drug-likeness (QED) is 0.820. The Morgan fingerprint density at radius 3 is 2.80 bits per heavy atom. The molecule has 0 aliphatic heterocycles. The predicted octanol–water partition coefficient (Wildman–Crippen LogP) is 1.14. The molecule has 25 heavy (non-hydrogen) atoms. The van der Waals surface area contributed by atoms with E-state index in [0.717, 1.165) is 36.1 Å². The largest absolute Gasteiger partial charge is 0.368 e. The molecule has 2 aromatic rings. The third-order valence-electron chi connectivity index (χ3n) is 4.03. The first-order chi connectivity index (χ1) is 12.1. The lowest BCUT2D eigenvalue weighted by atomic mass is 9.92. The van der Waals surface area contributed by atoms with Crippen LogP contribution in [-0.4, -0.2) is 35.0 Å². The molecule has 0 saturated carbocycles. The van der Waals surface area contributed by atoms with Gasteiger partial charge in [0.15, 0.2) is 5.82 Å². The molecule has 1 aromatic heterocycles. The first-order valence-electron chi connectivity index (χ1n) is 8.20. The number of aryl methyl sites for hydroxylation is 1. The van der Waals surface area contributed by atoms with Gasteiger partial charge in [0.05, 0.1) is 6.04 Å². The van der Waals surface area contributed by atoms with Crippen molar-refractivity contribution in [3.05, 3.63) is 47.8 Å². The number of hydrogen-bond donors (Lipinski definition) is 2. The number of carbonyl (C=O) groups excluding carboxylic acids is 2. The maximum atomic E-state index is 12.0. The molecule has 0 bridgehead atoms. The van der Waals surface area contributed by atoms with Gasteiger partial charge in [-0.3, -0.25) is 9.59 Å². The lowest BCUT2D eigenvalue weighted by Gasteiger charge is -2.25. The molecule has 0 radical (unpaired) electrons. The van der Waals surface area contributed by atoms with Crippen LogP contribution < -0.4 is 11.1 Å². The second-order valence-electron chi connectivity index (χ2n) is 5.93. The number of nitrogens with zero attached hydrogens (tertiary/aromatic N) is 2. The standard InChI is InChI=1S/C18H20N4O3/c19-16(23)10-25-11-17(24)21-14-7-4-8-15-13(14)9-20-18(22-15)12-5-2-1-3-6-12/h1-3,5-6,9,14H,4,7-8,10-11H2,(H2,19,23)(H,21,24). The fourth-order valence-corrected chi connectivity index (χ4v) is 2.90. The molecule has 7 nitrogen and oxygen atoms in total. The summed E-state index contributed by atoms with van der Waals surface area (Å²) >= 11 is 0. The molecule has 1 unspecified atom stereocenters. The number of hydrogen-bond acceptors (Lipinski definition) is 5. The van der Waals surface area contributed by atoms with Gasteiger partial charge in [0.25, 0.3) is 0 Å². The summed E-state index contributed by atoms with van der Waals surface area (Å²) in [4.78, 5) is 31.7. The number of nitrogens with two attached hydrogens (primary N) is 1. The fraction of sp³-hybridized carbons (Fsp3) is 0.333. The Kier molecular flexibility index (Phi) is 5.35. The highest BCUT2D eigenvalue weighted by atomic mass is 16.5. The normalized spacial score (nSPS) is 16.1. The molecule has 1 heterocycles. The molecule has 130 valence electrons. The van der Waals surface area contributed by atoms with Gasteiger partial charge >= 0.3 is 0 Å². The van der Waals surface area contributed by atoms with E-state index in [2.05, 4.69) is 15.3 Å². The van der Waals surface area contributed by atoms with Crippen LogP contribution in [0.25, 0.3) is 11.4 Å². The van der Waals surface area contributed by atoms with Crippen LogP contribution in [0.15, 0.2) is 36.5 Å². The Bertz CT molecular complexity index is 764. The zero-order chi connectivity index (χ0) is 17.6. The van der Waals surface area contributed by atoms with Gasteiger partial charge in [0, 0.05) is 23.0 Å². The van der Waals surface area contributed by atoms with Gasteiger partial charge in [-0.25, -0.2) is 9.97 Å². The highest BCUT2D eigenvalue weighted by molar-refractivity contribution is 5.79. The van der Waals surface area contributed by atoms with Crippen LogP contribution in [-0.2, 0) is 20.7 Å². The molecular formula is C18H20N4O3. The van der Waals surface area contributed by atoms with Crippen LogP contribution in [0.1, 0.15) is 30.1 Å². The Hall–Kier alpha value is -2.80. The van der Waals surface area contributed by atoms with E-state index in [1.807, 2.05) is 30.3 Å². The first kappa shape index (κ1) is 17.0. The van der Waals surface area contributed by atoms with Crippen LogP contribution in [0, 0.1) is 0 Å². The van der Waals surface area contributed by atoms with Crippen molar-refractivity contribution < 1.29 is 14.3 Å². The van der Waals surface area contributed by atoms with Crippen molar-refractivity contribution in [1.29, 1.82) is 0 Å². The van der Waals surface area contributed by atoms with E-state index >= 15 is 0 Å². The van der Waals surface area contributed by atoms with E-state index in [0.29, 0.717) is 5.82 Å². The van der Waals surface area contributed by atoms with Gasteiger partial charge in [-0.2, -0.15) is 0 Å². The summed E-state index contributed by atoms with van der Waals surface area (Å²) in [7, 11) is 0. The number of benzene rings is 1. The van der Waals surface area contributed by atoms with Crippen molar-refractivity contribution in [2.24, 2.45) is 5.73 Å². The van der Waals surface area contributed by atoms with Crippen LogP contribution in [0.2, 0.25) is 0 Å². The van der Waals surface area contributed by atoms with Crippen molar-refractivity contribution in [1.82, 2.24) is 15.3 Å². The van der Waals surface area contributed by atoms with Gasteiger partial charge in [-0.05, 0) is 19.3 Å². The molecule has 1 atom stereocenters. The lowest BCUT2D eigenvalue weighted by molar-refractivity contribution is -0.130. The summed E-state index contributed by atoms with van der Waals surface area (Å²) in [5, 5.41) is 2.91. The SMILES string of the molecule is NC(=O)COCC(=O)NC1CCCc2nc(-c3ccccc3)ncc21. The Labute approximate surface area is 145 Å². The van der Waals surface area contributed by atoms with Crippen molar-refractivity contribution in [3.63, 3.8) is 0 Å². The Morgan fingerprint density at radius 1 is 1.24 bits per heavy atom. The van der Waals surface area contributed by atoms with E-state index in [1.54, 1.807) is 6.20 Å². The van der Waals surface area contributed by atoms with Gasteiger partial charge in [0.1, 0.15) is 13.2 Å². The van der Waals surface area contributed by atoms with Crippen LogP contribution in [0.5, 0.6) is 0 Å². The van der Waals surface area contributed by atoms with Gasteiger partial charge in [-0.1, -0.05) is 30.3 Å². The van der Waals surface area contributed by atoms with Crippen molar-refractivity contribution in [2.75, 3.05) is 13.2 Å². The first-order valence-corrected chi connectivity index (χ1v) is 8.20. The number of rotatable bonds is 6. The minimum absolute atomic E-state index is 0.141. The average molecular weight is 340 g/mol. The van der Waals surface area contributed by atoms with Gasteiger partial charge in [0.2, 0.25) is 11.8 Å². The number of primary amides is 1. The zero-order valence-electron chi connectivity index (χ0n) is 13.8. The lowest BCUT2D eigenvalue weighted by Crippen LogP contribution is -2.34. The summed E-state index contributed by atoms with van der Waals surface area (Å²) in [6.07, 6.45) is 4.41. The molecule has 7 heteroatoms. The predicted molar refractivity (Wildman–Crippen MR) is 91.3 cm³/mol. The zero-order valence-corrected chi connectivity index (χ0v) is 13.8. The molecular weight excluding hydrogens is 320 g/mol. The molecule has 1 aliphatic carbocycles. The third kappa shape index (κ3) is 4.39. The van der Waals surface area contributed by atoms with Crippen LogP contribution in [0.3, 0.4) is 0 Å². The van der Waals surface area contributed by atoms with Crippen molar-refractivity contribution in [2.45, 2.75) is 25.3 Å². The fourth-order valence-electron chi connectivity index (χ4n) is 2.90. The summed E-state index contributed by atoms with van der Waals surface area (Å²) in [5.74, 6) is -0.194.